The molecule has 2 aromatic carbocycles. The van der Waals surface area contributed by atoms with Crippen LogP contribution in [-0.4, -0.2) is 132 Å². The summed E-state index contributed by atoms with van der Waals surface area (Å²) in [6, 6.07) is 14.3. The Hall–Kier alpha value is -3.52. The molecular weight excluding hydrogens is 722 g/mol. The third kappa shape index (κ3) is 8.04. The van der Waals surface area contributed by atoms with Gasteiger partial charge in [-0.3, -0.25) is 4.79 Å². The van der Waals surface area contributed by atoms with Gasteiger partial charge < -0.3 is 34.4 Å². The van der Waals surface area contributed by atoms with Crippen LogP contribution in [-0.2, 0) is 29.5 Å². The van der Waals surface area contributed by atoms with Crippen molar-refractivity contribution < 1.29 is 31.9 Å². The van der Waals surface area contributed by atoms with E-state index in [2.05, 4.69) is 32.7 Å². The second-order valence-corrected chi connectivity index (χ2v) is 18.8. The van der Waals surface area contributed by atoms with Crippen LogP contribution in [0, 0.1) is 17.7 Å². The number of halogens is 1. The van der Waals surface area contributed by atoms with Crippen LogP contribution in [0.1, 0.15) is 56.9 Å². The molecule has 0 radical (unpaired) electrons. The van der Waals surface area contributed by atoms with Crippen molar-refractivity contribution in [3.8, 4) is 0 Å². The van der Waals surface area contributed by atoms with E-state index in [0.717, 1.165) is 82.6 Å². The molecule has 2 amide bonds. The Morgan fingerprint density at radius 3 is 2.33 bits per heavy atom. The first-order valence-corrected chi connectivity index (χ1v) is 21.7. The minimum absolute atomic E-state index is 0.0347. The van der Waals surface area contributed by atoms with Crippen LogP contribution >= 0.6 is 0 Å². The molecule has 1 aliphatic carbocycles. The van der Waals surface area contributed by atoms with Gasteiger partial charge in [-0.15, -0.1) is 0 Å². The summed E-state index contributed by atoms with van der Waals surface area (Å²) in [6.07, 6.45) is 7.99. The average Bonchev–Trinajstić information content (AvgIpc) is 3.64. The molecule has 4 aliphatic heterocycles. The quantitative estimate of drug-likeness (QED) is 0.285. The highest BCUT2D eigenvalue weighted by atomic mass is 32.2. The van der Waals surface area contributed by atoms with Gasteiger partial charge in [-0.1, -0.05) is 25.1 Å². The number of rotatable bonds is 13. The molecule has 1 N–H and O–H groups in total. The van der Waals surface area contributed by atoms with E-state index in [1.165, 1.54) is 25.7 Å². The Morgan fingerprint density at radius 1 is 0.945 bits per heavy atom. The SMILES string of the molecule is C=CC(=O)N1CCC[C@@H](S(=O)(=O)c2ccc(N3CC(CN4CCC([C@@](CN5CCC5)(c5cccc(F)c5)[C@H]5CCC[C@@H]5NC(=O)OC)CC4)(OC)C3)cc2)C1. The average molecular weight is 780 g/mol. The van der Waals surface area contributed by atoms with Crippen LogP contribution in [0.4, 0.5) is 14.9 Å². The van der Waals surface area contributed by atoms with Crippen molar-refractivity contribution >= 4 is 27.5 Å². The number of nitrogens with one attached hydrogen (secondary N) is 1. The second-order valence-electron chi connectivity index (χ2n) is 16.5. The highest BCUT2D eigenvalue weighted by Crippen LogP contribution is 2.51. The molecule has 4 atom stereocenters. The number of carbonyl (C=O) groups excluding carboxylic acids is 2. The fourth-order valence-electron chi connectivity index (χ4n) is 10.4. The predicted octanol–water partition coefficient (Wildman–Crippen LogP) is 4.86. The number of methoxy groups -OCH3 is 2. The van der Waals surface area contributed by atoms with Gasteiger partial charge in [-0.05, 0) is 131 Å². The first-order valence-electron chi connectivity index (χ1n) is 20.1. The molecule has 11 nitrogen and oxygen atoms in total. The van der Waals surface area contributed by atoms with Gasteiger partial charge in [-0.25, -0.2) is 17.6 Å². The summed E-state index contributed by atoms with van der Waals surface area (Å²) in [5.41, 5.74) is 1.34. The molecule has 55 heavy (non-hydrogen) atoms. The molecule has 5 aliphatic rings. The number of likely N-dealkylation sites (tertiary alicyclic amines) is 3. The first-order chi connectivity index (χ1) is 26.5. The van der Waals surface area contributed by atoms with Crippen molar-refractivity contribution in [1.82, 2.24) is 20.0 Å². The summed E-state index contributed by atoms with van der Waals surface area (Å²) in [7, 11) is -0.404. The number of piperidine rings is 2. The van der Waals surface area contributed by atoms with Crippen molar-refractivity contribution in [2.24, 2.45) is 11.8 Å². The summed E-state index contributed by atoms with van der Waals surface area (Å²) >= 11 is 0. The Labute approximate surface area is 326 Å². The van der Waals surface area contributed by atoms with Crippen LogP contribution in [0.2, 0.25) is 0 Å². The minimum atomic E-state index is -3.59. The number of ether oxygens (including phenoxy) is 2. The van der Waals surface area contributed by atoms with E-state index < -0.39 is 21.2 Å². The molecular formula is C42H58FN5O6S. The monoisotopic (exact) mass is 779 g/mol. The van der Waals surface area contributed by atoms with Crippen molar-refractivity contribution in [2.45, 2.75) is 78.6 Å². The fourth-order valence-corrected chi connectivity index (χ4v) is 12.2. The van der Waals surface area contributed by atoms with Crippen LogP contribution < -0.4 is 10.2 Å². The van der Waals surface area contributed by atoms with Crippen LogP contribution in [0.15, 0.2) is 66.1 Å². The summed E-state index contributed by atoms with van der Waals surface area (Å²) in [5.74, 6) is 0.0203. The van der Waals surface area contributed by atoms with Crippen LogP contribution in [0.25, 0.3) is 0 Å². The van der Waals surface area contributed by atoms with Gasteiger partial charge in [0.15, 0.2) is 9.84 Å². The number of benzene rings is 2. The number of amides is 2. The standard InChI is InChI=1S/C42H58FN5O6S/c1-4-39(49)47-22-7-11-36(26-47)55(51,52)35-16-14-34(15-17-35)48-28-41(29-48,54-3)27-46-23-18-31(19-24-46)42(30-45-20-8-21-45,32-9-5-10-33(43)25-32)37-12-6-13-38(37)44-40(50)53-2/h4-5,9-10,14-17,25,31,36-38H,1,6-8,11-13,18-24,26-30H2,2-3H3,(H,44,50)/t36-,37+,38+,42+/m1/s1. The third-order valence-corrected chi connectivity index (χ3v) is 15.7. The Balaban J connectivity index is 1.02. The highest BCUT2D eigenvalue weighted by molar-refractivity contribution is 7.92. The van der Waals surface area contributed by atoms with E-state index in [-0.39, 0.29) is 46.1 Å². The molecule has 2 aromatic rings. The number of hydrogen-bond acceptors (Lipinski definition) is 9. The summed E-state index contributed by atoms with van der Waals surface area (Å²) < 4.78 is 53.4. The maximum atomic E-state index is 15.1. The lowest BCUT2D eigenvalue weighted by molar-refractivity contribution is -0.126. The summed E-state index contributed by atoms with van der Waals surface area (Å²) in [4.78, 5) is 33.8. The van der Waals surface area contributed by atoms with Gasteiger partial charge >= 0.3 is 6.09 Å². The Kier molecular flexibility index (Phi) is 11.9. The lowest BCUT2D eigenvalue weighted by atomic mass is 9.57. The number of anilines is 1. The van der Waals surface area contributed by atoms with Crippen LogP contribution in [0.5, 0.6) is 0 Å². The second kappa shape index (κ2) is 16.5. The fraction of sp³-hybridized carbons (Fsp3) is 0.619. The van der Waals surface area contributed by atoms with E-state index in [1.54, 1.807) is 30.2 Å². The molecule has 5 fully saturated rings. The molecule has 0 unspecified atom stereocenters. The topological polar surface area (TPSA) is 112 Å². The number of sulfone groups is 1. The van der Waals surface area contributed by atoms with Crippen molar-refractivity contribution in [2.75, 3.05) is 84.6 Å². The lowest BCUT2D eigenvalue weighted by Crippen LogP contribution is -2.68. The Bertz CT molecular complexity index is 1790. The molecule has 4 saturated heterocycles. The highest BCUT2D eigenvalue weighted by Gasteiger charge is 2.54. The zero-order chi connectivity index (χ0) is 38.8. The zero-order valence-electron chi connectivity index (χ0n) is 32.5. The normalized spacial score (nSPS) is 26.1. The van der Waals surface area contributed by atoms with Gasteiger partial charge in [0.2, 0.25) is 5.91 Å². The van der Waals surface area contributed by atoms with Crippen molar-refractivity contribution in [3.63, 3.8) is 0 Å². The molecule has 7 rings (SSSR count). The molecule has 0 aromatic heterocycles. The minimum Gasteiger partial charge on any atom is -0.453 e. The van der Waals surface area contributed by atoms with Gasteiger partial charge in [0.25, 0.3) is 0 Å². The largest absolute Gasteiger partial charge is 0.453 e. The molecule has 1 saturated carbocycles. The van der Waals surface area contributed by atoms with E-state index in [1.807, 2.05) is 18.2 Å². The van der Waals surface area contributed by atoms with Crippen molar-refractivity contribution in [3.05, 3.63) is 72.6 Å². The van der Waals surface area contributed by atoms with E-state index >= 15 is 4.39 Å². The smallest absolute Gasteiger partial charge is 0.407 e. The number of nitrogens with zero attached hydrogens (tertiary/aromatic N) is 4. The van der Waals surface area contributed by atoms with E-state index in [4.69, 9.17) is 9.47 Å². The summed E-state index contributed by atoms with van der Waals surface area (Å²) in [5, 5.41) is 2.55. The molecule has 0 bridgehead atoms. The summed E-state index contributed by atoms with van der Waals surface area (Å²) in [6.45, 7) is 11.2. The van der Waals surface area contributed by atoms with E-state index in [0.29, 0.717) is 38.4 Å². The van der Waals surface area contributed by atoms with Crippen LogP contribution in [0.3, 0.4) is 0 Å². The van der Waals surface area contributed by atoms with Crippen molar-refractivity contribution in [1.29, 1.82) is 0 Å². The molecule has 13 heteroatoms. The number of hydrogen-bond donors (Lipinski definition) is 1. The maximum absolute atomic E-state index is 15.1. The molecule has 300 valence electrons. The number of alkyl carbamates (subject to hydrolysis) is 1. The third-order valence-electron chi connectivity index (χ3n) is 13.5. The van der Waals surface area contributed by atoms with Gasteiger partial charge in [-0.2, -0.15) is 0 Å². The van der Waals surface area contributed by atoms with E-state index in [9.17, 15) is 18.0 Å². The zero-order valence-corrected chi connectivity index (χ0v) is 33.3. The lowest BCUT2D eigenvalue weighted by Gasteiger charge is -2.55. The van der Waals surface area contributed by atoms with Gasteiger partial charge in [0.1, 0.15) is 11.4 Å². The molecule has 0 spiro atoms. The maximum Gasteiger partial charge on any atom is 0.407 e. The number of carbonyl (C=O) groups is 2. The predicted molar refractivity (Wildman–Crippen MR) is 210 cm³/mol. The molecule has 4 heterocycles. The van der Waals surface area contributed by atoms with Gasteiger partial charge in [0.05, 0.1) is 30.3 Å². The Morgan fingerprint density at radius 2 is 1.69 bits per heavy atom. The first kappa shape index (κ1) is 39.7. The van der Waals surface area contributed by atoms with Gasteiger partial charge in [0, 0.05) is 50.4 Å².